The number of carbonyl (C=O) groups excluding carboxylic acids is 1. The largest absolute Gasteiger partial charge is 0.461 e. The van der Waals surface area contributed by atoms with Crippen LogP contribution in [0.1, 0.15) is 97.0 Å². The van der Waals surface area contributed by atoms with E-state index in [9.17, 15) is 9.18 Å². The van der Waals surface area contributed by atoms with E-state index >= 15 is 4.39 Å². The first-order chi connectivity index (χ1) is 19.5. The number of nitrogens with zero attached hydrogens (tertiary/aromatic N) is 6. The molecule has 0 N–H and O–H groups in total. The molecule has 3 fully saturated rings. The minimum Gasteiger partial charge on any atom is -0.461 e. The molecule has 0 spiro atoms. The van der Waals surface area contributed by atoms with Gasteiger partial charge in [0.25, 0.3) is 0 Å². The third-order valence-electron chi connectivity index (χ3n) is 7.76. The number of esters is 1. The molecule has 1 saturated heterocycles. The first-order valence-electron chi connectivity index (χ1n) is 13.9. The van der Waals surface area contributed by atoms with Crippen molar-refractivity contribution < 1.29 is 23.0 Å². The molecule has 40 heavy (non-hydrogen) atoms. The lowest BCUT2D eigenvalue weighted by Crippen LogP contribution is -2.21. The Kier molecular flexibility index (Phi) is 6.25. The Bertz CT molecular complexity index is 1620. The summed E-state index contributed by atoms with van der Waals surface area (Å²) in [5, 5.41) is 4.50. The quantitative estimate of drug-likeness (QED) is 0.277. The molecule has 1 unspecified atom stereocenters. The number of fused-ring (bicyclic) bond motifs is 1. The third kappa shape index (κ3) is 4.72. The average Bonchev–Trinajstić information content (AvgIpc) is 3.91. The van der Waals surface area contributed by atoms with Crippen LogP contribution >= 0.6 is 0 Å². The minimum atomic E-state index is -0.757. The van der Waals surface area contributed by atoms with E-state index < -0.39 is 17.6 Å². The Morgan fingerprint density at radius 2 is 1.93 bits per heavy atom. The predicted molar refractivity (Wildman–Crippen MR) is 140 cm³/mol. The van der Waals surface area contributed by atoms with E-state index in [0.29, 0.717) is 37.0 Å². The van der Waals surface area contributed by atoms with Crippen LogP contribution in [0.25, 0.3) is 22.4 Å². The maximum Gasteiger partial charge on any atom is 0.358 e. The summed E-state index contributed by atoms with van der Waals surface area (Å²) in [4.78, 5) is 31.8. The summed E-state index contributed by atoms with van der Waals surface area (Å²) in [5.41, 5.74) is 2.42. The predicted octanol–water partition coefficient (Wildman–Crippen LogP) is 5.59. The zero-order valence-corrected chi connectivity index (χ0v) is 22.0. The second kappa shape index (κ2) is 9.96. The van der Waals surface area contributed by atoms with Crippen LogP contribution in [0.2, 0.25) is 0 Å². The van der Waals surface area contributed by atoms with Crippen molar-refractivity contribution in [2.24, 2.45) is 0 Å². The summed E-state index contributed by atoms with van der Waals surface area (Å²) in [5.74, 6) is -1.61. The van der Waals surface area contributed by atoms with Crippen molar-refractivity contribution in [3.63, 3.8) is 0 Å². The first-order valence-corrected chi connectivity index (χ1v) is 13.9. The van der Waals surface area contributed by atoms with Gasteiger partial charge in [0.05, 0.1) is 30.6 Å². The van der Waals surface area contributed by atoms with E-state index in [-0.39, 0.29) is 52.7 Å². The average molecular weight is 547 g/mol. The Labute approximate surface area is 229 Å². The monoisotopic (exact) mass is 546 g/mol. The van der Waals surface area contributed by atoms with Gasteiger partial charge < -0.3 is 9.47 Å². The maximum absolute atomic E-state index is 15.1. The maximum atomic E-state index is 15.1. The van der Waals surface area contributed by atoms with Gasteiger partial charge in [-0.05, 0) is 57.6 Å². The fourth-order valence-corrected chi connectivity index (χ4v) is 5.34. The number of aromatic nitrogens is 6. The molecule has 1 aromatic carbocycles. The zero-order valence-electron chi connectivity index (χ0n) is 22.0. The number of carbonyl (C=O) groups is 1. The van der Waals surface area contributed by atoms with E-state index in [1.54, 1.807) is 6.92 Å². The van der Waals surface area contributed by atoms with Crippen molar-refractivity contribution in [2.45, 2.75) is 69.4 Å². The van der Waals surface area contributed by atoms with Gasteiger partial charge in [0.1, 0.15) is 28.7 Å². The second-order valence-electron chi connectivity index (χ2n) is 10.7. The topological polar surface area (TPSA) is 105 Å². The molecule has 11 heteroatoms. The molecule has 7 rings (SSSR count). The molecule has 1 aliphatic heterocycles. The summed E-state index contributed by atoms with van der Waals surface area (Å²) < 4.78 is 42.3. The highest BCUT2D eigenvalue weighted by molar-refractivity contribution is 5.93. The Morgan fingerprint density at radius 1 is 1.07 bits per heavy atom. The number of ether oxygens (including phenoxy) is 2. The van der Waals surface area contributed by atoms with Crippen LogP contribution in [0.3, 0.4) is 0 Å². The molecule has 2 saturated carbocycles. The van der Waals surface area contributed by atoms with Crippen LogP contribution in [0.5, 0.6) is 0 Å². The molecule has 0 radical (unpaired) electrons. The Hall–Kier alpha value is -3.86. The van der Waals surface area contributed by atoms with Crippen molar-refractivity contribution in [3.8, 4) is 11.3 Å². The van der Waals surface area contributed by atoms with Crippen LogP contribution in [0.15, 0.2) is 30.6 Å². The van der Waals surface area contributed by atoms with E-state index in [2.05, 4.69) is 10.1 Å². The number of rotatable bonds is 7. The number of benzene rings is 1. The van der Waals surface area contributed by atoms with Crippen molar-refractivity contribution in [2.75, 3.05) is 13.2 Å². The molecule has 4 aromatic rings. The molecule has 2 atom stereocenters. The minimum absolute atomic E-state index is 0.0645. The summed E-state index contributed by atoms with van der Waals surface area (Å²) in [6, 6.07) is 3.84. The lowest BCUT2D eigenvalue weighted by atomic mass is 9.92. The summed E-state index contributed by atoms with van der Waals surface area (Å²) in [6.45, 7) is 2.42. The summed E-state index contributed by atoms with van der Waals surface area (Å²) >= 11 is 0. The molecule has 0 bridgehead atoms. The molecule has 9 nitrogen and oxygen atoms in total. The second-order valence-corrected chi connectivity index (χ2v) is 10.7. The van der Waals surface area contributed by atoms with Crippen LogP contribution in [0.4, 0.5) is 8.78 Å². The number of hydrogen-bond donors (Lipinski definition) is 0. The highest BCUT2D eigenvalue weighted by Gasteiger charge is 2.34. The Morgan fingerprint density at radius 3 is 2.67 bits per heavy atom. The highest BCUT2D eigenvalue weighted by Crippen LogP contribution is 2.43. The fourth-order valence-electron chi connectivity index (χ4n) is 5.34. The van der Waals surface area contributed by atoms with E-state index in [1.807, 2.05) is 17.1 Å². The zero-order chi connectivity index (χ0) is 27.4. The third-order valence-corrected chi connectivity index (χ3v) is 7.76. The van der Waals surface area contributed by atoms with Gasteiger partial charge in [-0.25, -0.2) is 33.5 Å². The van der Waals surface area contributed by atoms with E-state index in [4.69, 9.17) is 24.4 Å². The number of hydrogen-bond acceptors (Lipinski definition) is 8. The smallest absolute Gasteiger partial charge is 0.358 e. The van der Waals surface area contributed by atoms with Crippen molar-refractivity contribution in [1.29, 1.82) is 0 Å². The van der Waals surface area contributed by atoms with Gasteiger partial charge in [-0.1, -0.05) is 0 Å². The summed E-state index contributed by atoms with van der Waals surface area (Å²) in [7, 11) is 0. The lowest BCUT2D eigenvalue weighted by Gasteiger charge is -2.28. The van der Waals surface area contributed by atoms with Gasteiger partial charge in [-0.2, -0.15) is 5.10 Å². The molecule has 3 aromatic heterocycles. The van der Waals surface area contributed by atoms with Gasteiger partial charge in [0, 0.05) is 41.8 Å². The van der Waals surface area contributed by atoms with Crippen molar-refractivity contribution in [3.05, 3.63) is 65.0 Å². The van der Waals surface area contributed by atoms with Crippen LogP contribution in [0, 0.1) is 11.6 Å². The van der Waals surface area contributed by atoms with Crippen LogP contribution in [-0.2, 0) is 9.47 Å². The molecule has 3 aliphatic rings. The molecular formula is C29H28F2N6O3. The Balaban J connectivity index is 1.33. The van der Waals surface area contributed by atoms with E-state index in [1.165, 1.54) is 12.1 Å². The summed E-state index contributed by atoms with van der Waals surface area (Å²) in [6.07, 6.45) is 8.98. The first kappa shape index (κ1) is 25.1. The van der Waals surface area contributed by atoms with Crippen molar-refractivity contribution >= 4 is 17.1 Å². The van der Waals surface area contributed by atoms with Gasteiger partial charge in [-0.3, -0.25) is 4.68 Å². The van der Waals surface area contributed by atoms with Gasteiger partial charge in [-0.15, -0.1) is 0 Å². The highest BCUT2D eigenvalue weighted by atomic mass is 19.1. The van der Waals surface area contributed by atoms with Gasteiger partial charge in [0.2, 0.25) is 0 Å². The molecule has 4 heterocycles. The SMILES string of the molecule is CCOC(=O)c1nc2nc(C3CCO[C@@H](c4cnn(C5CC5)c4)C3)nc(-c3ccc(F)cc3F)c2nc1C1CC1. The van der Waals surface area contributed by atoms with Crippen LogP contribution in [-0.4, -0.2) is 48.9 Å². The van der Waals surface area contributed by atoms with Gasteiger partial charge >= 0.3 is 5.97 Å². The van der Waals surface area contributed by atoms with Crippen molar-refractivity contribution in [1.82, 2.24) is 29.7 Å². The lowest BCUT2D eigenvalue weighted by molar-refractivity contribution is 0.00396. The van der Waals surface area contributed by atoms with Gasteiger partial charge in [0.15, 0.2) is 11.3 Å². The fraction of sp³-hybridized carbons (Fsp3) is 0.448. The van der Waals surface area contributed by atoms with Crippen LogP contribution < -0.4 is 0 Å². The molecule has 2 aliphatic carbocycles. The standard InChI is InChI=1S/C29H28F2N6O3/c1-2-39-29(38)26-23(15-3-4-15)33-25-24(20-8-5-18(30)12-21(20)31)34-27(36-28(25)35-26)16-9-10-40-22(11-16)17-13-32-37(14-17)19-6-7-19/h5,8,12-16,19,22H,2-4,6-7,9-11H2,1H3/t16?,22-/m1/s1. The molecule has 0 amide bonds. The normalized spacial score (nSPS) is 21.1. The molecule has 206 valence electrons. The number of halogens is 2. The van der Waals surface area contributed by atoms with E-state index in [0.717, 1.165) is 37.3 Å². The molecular weight excluding hydrogens is 518 g/mol.